The van der Waals surface area contributed by atoms with E-state index in [2.05, 4.69) is 0 Å². The summed E-state index contributed by atoms with van der Waals surface area (Å²) in [6.45, 7) is -0.0921. The molecule has 2 aromatic rings. The van der Waals surface area contributed by atoms with E-state index in [-0.39, 0.29) is 12.3 Å². The van der Waals surface area contributed by atoms with Gasteiger partial charge in [0.1, 0.15) is 0 Å². The Labute approximate surface area is 92.1 Å². The van der Waals surface area contributed by atoms with Crippen molar-refractivity contribution < 1.29 is 10.0 Å². The van der Waals surface area contributed by atoms with Crippen molar-refractivity contribution in [1.82, 2.24) is 4.57 Å². The third kappa shape index (κ3) is 1.55. The summed E-state index contributed by atoms with van der Waals surface area (Å²) in [7, 11) is 1.84. The molecule has 84 valence electrons. The summed E-state index contributed by atoms with van der Waals surface area (Å²) in [5.41, 5.74) is 1.49. The van der Waals surface area contributed by atoms with E-state index in [4.69, 9.17) is 5.11 Å². The smallest absolute Gasteiger partial charge is 0.274 e. The molecule has 1 aromatic heterocycles. The first-order valence-electron chi connectivity index (χ1n) is 4.97. The fourth-order valence-corrected chi connectivity index (χ4v) is 1.99. The predicted molar refractivity (Wildman–Crippen MR) is 60.4 cm³/mol. The molecule has 5 heteroatoms. The summed E-state index contributed by atoms with van der Waals surface area (Å²) in [5, 5.41) is 20.8. The Morgan fingerprint density at radius 3 is 2.81 bits per heavy atom. The monoisotopic (exact) mass is 220 g/mol. The molecule has 16 heavy (non-hydrogen) atoms. The number of nitro benzene ring substituents is 1. The number of aryl methyl sites for hydroxylation is 1. The van der Waals surface area contributed by atoms with Crippen LogP contribution in [-0.4, -0.2) is 21.2 Å². The van der Waals surface area contributed by atoms with E-state index in [1.165, 1.54) is 6.07 Å². The number of aliphatic hydroxyl groups excluding tert-OH is 1. The van der Waals surface area contributed by atoms with Crippen LogP contribution in [-0.2, 0) is 13.5 Å². The minimum absolute atomic E-state index is 0.0725. The lowest BCUT2D eigenvalue weighted by Crippen LogP contribution is -2.01. The van der Waals surface area contributed by atoms with Crippen molar-refractivity contribution in [1.29, 1.82) is 0 Å². The van der Waals surface area contributed by atoms with Gasteiger partial charge in [-0.2, -0.15) is 0 Å². The van der Waals surface area contributed by atoms with E-state index in [1.54, 1.807) is 6.07 Å². The van der Waals surface area contributed by atoms with Crippen LogP contribution in [0.1, 0.15) is 5.56 Å². The predicted octanol–water partition coefficient (Wildman–Crippen LogP) is 1.62. The van der Waals surface area contributed by atoms with Gasteiger partial charge in [0.05, 0.1) is 16.0 Å². The second-order valence-electron chi connectivity index (χ2n) is 3.66. The molecule has 0 unspecified atom stereocenters. The highest BCUT2D eigenvalue weighted by Gasteiger charge is 2.17. The van der Waals surface area contributed by atoms with Gasteiger partial charge in [0.2, 0.25) is 0 Å². The summed E-state index contributed by atoms with van der Waals surface area (Å²) in [6.07, 6.45) is 2.15. The molecule has 0 amide bonds. The van der Waals surface area contributed by atoms with E-state index in [0.29, 0.717) is 12.0 Å². The van der Waals surface area contributed by atoms with Gasteiger partial charge in [-0.3, -0.25) is 10.1 Å². The molecule has 0 aliphatic rings. The molecule has 1 heterocycles. The molecule has 0 fully saturated rings. The number of hydrogen-bond acceptors (Lipinski definition) is 3. The van der Waals surface area contributed by atoms with Crippen LogP contribution in [0.25, 0.3) is 10.9 Å². The molecular formula is C11H12N2O3. The largest absolute Gasteiger partial charge is 0.396 e. The number of benzene rings is 1. The summed E-state index contributed by atoms with van der Waals surface area (Å²) >= 11 is 0. The zero-order chi connectivity index (χ0) is 11.7. The molecule has 0 saturated heterocycles. The fourth-order valence-electron chi connectivity index (χ4n) is 1.99. The maximum atomic E-state index is 10.9. The lowest BCUT2D eigenvalue weighted by atomic mass is 10.1. The highest BCUT2D eigenvalue weighted by molar-refractivity contribution is 5.86. The Morgan fingerprint density at radius 2 is 2.19 bits per heavy atom. The molecule has 0 bridgehead atoms. The summed E-state index contributed by atoms with van der Waals surface area (Å²) in [4.78, 5) is 10.5. The number of rotatable bonds is 3. The van der Waals surface area contributed by atoms with Crippen molar-refractivity contribution in [3.8, 4) is 0 Å². The summed E-state index contributed by atoms with van der Waals surface area (Å²) < 4.78 is 1.84. The van der Waals surface area contributed by atoms with Crippen LogP contribution in [0.5, 0.6) is 0 Å². The van der Waals surface area contributed by atoms with Crippen LogP contribution in [0.2, 0.25) is 0 Å². The highest BCUT2D eigenvalue weighted by Crippen LogP contribution is 2.28. The topological polar surface area (TPSA) is 68.3 Å². The van der Waals surface area contributed by atoms with E-state index < -0.39 is 4.92 Å². The third-order valence-corrected chi connectivity index (χ3v) is 2.68. The van der Waals surface area contributed by atoms with Crippen molar-refractivity contribution in [2.24, 2.45) is 7.05 Å². The van der Waals surface area contributed by atoms with E-state index in [9.17, 15) is 10.1 Å². The number of nitrogens with zero attached hydrogens (tertiary/aromatic N) is 2. The van der Waals surface area contributed by atoms with Gasteiger partial charge in [-0.25, -0.2) is 0 Å². The second kappa shape index (κ2) is 3.94. The number of aliphatic hydroxyl groups is 1. The Morgan fingerprint density at radius 1 is 1.44 bits per heavy atom. The van der Waals surface area contributed by atoms with Crippen molar-refractivity contribution in [2.45, 2.75) is 6.42 Å². The zero-order valence-corrected chi connectivity index (χ0v) is 8.88. The fraction of sp³-hybridized carbons (Fsp3) is 0.273. The molecule has 2 rings (SSSR count). The van der Waals surface area contributed by atoms with E-state index in [0.717, 1.165) is 10.9 Å². The second-order valence-corrected chi connectivity index (χ2v) is 3.66. The average molecular weight is 220 g/mol. The number of fused-ring (bicyclic) bond motifs is 1. The molecule has 0 atom stereocenters. The van der Waals surface area contributed by atoms with Crippen molar-refractivity contribution >= 4 is 16.6 Å². The minimum atomic E-state index is -0.405. The third-order valence-electron chi connectivity index (χ3n) is 2.68. The zero-order valence-electron chi connectivity index (χ0n) is 8.88. The first-order chi connectivity index (χ1) is 7.65. The van der Waals surface area contributed by atoms with Crippen LogP contribution < -0.4 is 0 Å². The van der Waals surface area contributed by atoms with Crippen molar-refractivity contribution in [2.75, 3.05) is 6.61 Å². The molecule has 0 aliphatic heterocycles. The van der Waals surface area contributed by atoms with Gasteiger partial charge >= 0.3 is 0 Å². The molecule has 0 spiro atoms. The van der Waals surface area contributed by atoms with Crippen LogP contribution in [0.4, 0.5) is 5.69 Å². The SMILES string of the molecule is Cn1ccc2ccc([N+](=O)[O-])c(CCO)c21. The highest BCUT2D eigenvalue weighted by atomic mass is 16.6. The number of nitro groups is 1. The summed E-state index contributed by atoms with van der Waals surface area (Å²) in [5.74, 6) is 0. The van der Waals surface area contributed by atoms with E-state index >= 15 is 0 Å². The van der Waals surface area contributed by atoms with Crippen LogP contribution in [0.15, 0.2) is 24.4 Å². The quantitative estimate of drug-likeness (QED) is 0.631. The first kappa shape index (κ1) is 10.6. The molecule has 0 aliphatic carbocycles. The normalized spacial score (nSPS) is 10.9. The Balaban J connectivity index is 2.77. The maximum absolute atomic E-state index is 10.9. The van der Waals surface area contributed by atoms with Gasteiger partial charge in [-0.05, 0) is 12.1 Å². The summed E-state index contributed by atoms with van der Waals surface area (Å²) in [6, 6.07) is 5.13. The van der Waals surface area contributed by atoms with Crippen LogP contribution in [0.3, 0.4) is 0 Å². The first-order valence-corrected chi connectivity index (χ1v) is 4.97. The van der Waals surface area contributed by atoms with Crippen molar-refractivity contribution in [3.63, 3.8) is 0 Å². The molecule has 1 N–H and O–H groups in total. The number of hydrogen-bond donors (Lipinski definition) is 1. The Kier molecular flexibility index (Phi) is 2.62. The van der Waals surface area contributed by atoms with Crippen LogP contribution >= 0.6 is 0 Å². The lowest BCUT2D eigenvalue weighted by Gasteiger charge is -2.05. The molecule has 5 nitrogen and oxygen atoms in total. The Hall–Kier alpha value is -1.88. The van der Waals surface area contributed by atoms with Gasteiger partial charge in [0.25, 0.3) is 5.69 Å². The van der Waals surface area contributed by atoms with Gasteiger partial charge in [-0.1, -0.05) is 0 Å². The van der Waals surface area contributed by atoms with Crippen molar-refractivity contribution in [3.05, 3.63) is 40.1 Å². The van der Waals surface area contributed by atoms with Gasteiger partial charge in [-0.15, -0.1) is 0 Å². The van der Waals surface area contributed by atoms with Gasteiger partial charge in [0, 0.05) is 37.7 Å². The lowest BCUT2D eigenvalue weighted by molar-refractivity contribution is -0.385. The minimum Gasteiger partial charge on any atom is -0.396 e. The molecular weight excluding hydrogens is 208 g/mol. The molecule has 1 aromatic carbocycles. The van der Waals surface area contributed by atoms with Gasteiger partial charge < -0.3 is 9.67 Å². The standard InChI is InChI=1S/C11H12N2O3/c1-12-6-4-8-2-3-10(13(15)16)9(5-7-14)11(8)12/h2-4,6,14H,5,7H2,1H3. The Bertz CT molecular complexity index is 545. The molecule has 0 saturated carbocycles. The maximum Gasteiger partial charge on any atom is 0.274 e. The van der Waals surface area contributed by atoms with Gasteiger partial charge in [0.15, 0.2) is 0 Å². The number of aromatic nitrogens is 1. The van der Waals surface area contributed by atoms with E-state index in [1.807, 2.05) is 23.9 Å². The average Bonchev–Trinajstić information content (AvgIpc) is 2.61. The molecule has 0 radical (unpaired) electrons. The van der Waals surface area contributed by atoms with Crippen LogP contribution in [0, 0.1) is 10.1 Å².